The Kier molecular flexibility index (Phi) is 4.88. The number of hydrogen-bond acceptors (Lipinski definition) is 1. The maximum atomic E-state index is 6.23. The number of hydrogen-bond donors (Lipinski definition) is 0. The van der Waals surface area contributed by atoms with Gasteiger partial charge in [-0.3, -0.25) is 0 Å². The van der Waals surface area contributed by atoms with Crippen LogP contribution in [0.15, 0.2) is 29.6 Å². The van der Waals surface area contributed by atoms with Crippen LogP contribution in [-0.2, 0) is 12.8 Å². The molecule has 0 radical (unpaired) electrons. The number of aryl methyl sites for hydroxylation is 2. The fourth-order valence-corrected chi connectivity index (χ4v) is 4.34. The molecule has 0 bridgehead atoms. The number of benzene rings is 1. The molecule has 0 aliphatic heterocycles. The van der Waals surface area contributed by atoms with Crippen molar-refractivity contribution in [1.82, 2.24) is 0 Å². The Hall–Kier alpha value is -0.310. The van der Waals surface area contributed by atoms with Crippen LogP contribution in [0.1, 0.15) is 40.2 Å². The topological polar surface area (TPSA) is 0 Å². The molecule has 1 heterocycles. The lowest BCUT2D eigenvalue weighted by Crippen LogP contribution is -1.98. The third-order valence-corrected chi connectivity index (χ3v) is 5.82. The Labute approximate surface area is 126 Å². The van der Waals surface area contributed by atoms with Gasteiger partial charge in [-0.05, 0) is 41.0 Å². The summed E-state index contributed by atoms with van der Waals surface area (Å²) in [6.07, 6.45) is 2.11. The SMILES string of the molecule is CCc1ccc(CC)c(C(Br)c2sccc2Cl)c1. The number of rotatable bonds is 4. The van der Waals surface area contributed by atoms with E-state index in [1.54, 1.807) is 11.3 Å². The van der Waals surface area contributed by atoms with E-state index in [-0.39, 0.29) is 4.83 Å². The van der Waals surface area contributed by atoms with Gasteiger partial charge < -0.3 is 0 Å². The molecule has 1 aromatic heterocycles. The van der Waals surface area contributed by atoms with E-state index in [0.717, 1.165) is 17.9 Å². The number of alkyl halides is 1. The van der Waals surface area contributed by atoms with Crippen molar-refractivity contribution in [2.75, 3.05) is 0 Å². The molecule has 0 amide bonds. The molecule has 1 unspecified atom stereocenters. The van der Waals surface area contributed by atoms with Crippen LogP contribution in [0.2, 0.25) is 5.02 Å². The van der Waals surface area contributed by atoms with Crippen LogP contribution in [0, 0.1) is 0 Å². The van der Waals surface area contributed by atoms with Gasteiger partial charge in [-0.2, -0.15) is 0 Å². The molecule has 1 aromatic carbocycles. The summed E-state index contributed by atoms with van der Waals surface area (Å²) in [5.74, 6) is 0. The van der Waals surface area contributed by atoms with Gasteiger partial charge in [0, 0.05) is 4.88 Å². The van der Waals surface area contributed by atoms with Crippen LogP contribution in [0.5, 0.6) is 0 Å². The van der Waals surface area contributed by atoms with Crippen LogP contribution >= 0.6 is 38.9 Å². The molecule has 2 aromatic rings. The third-order valence-electron chi connectivity index (χ3n) is 3.15. The molecule has 3 heteroatoms. The van der Waals surface area contributed by atoms with E-state index in [9.17, 15) is 0 Å². The maximum absolute atomic E-state index is 6.23. The summed E-state index contributed by atoms with van der Waals surface area (Å²) >= 11 is 11.7. The second kappa shape index (κ2) is 6.23. The van der Waals surface area contributed by atoms with Gasteiger partial charge in [0.25, 0.3) is 0 Å². The molecular weight excluding hydrogens is 328 g/mol. The smallest absolute Gasteiger partial charge is 0.0755 e. The van der Waals surface area contributed by atoms with Crippen LogP contribution in [-0.4, -0.2) is 0 Å². The zero-order chi connectivity index (χ0) is 13.1. The fourth-order valence-electron chi connectivity index (χ4n) is 2.05. The normalized spacial score (nSPS) is 12.7. The number of thiophene rings is 1. The lowest BCUT2D eigenvalue weighted by Gasteiger charge is -2.15. The first-order valence-electron chi connectivity index (χ1n) is 6.16. The summed E-state index contributed by atoms with van der Waals surface area (Å²) in [6.45, 7) is 4.38. The van der Waals surface area contributed by atoms with Crippen molar-refractivity contribution < 1.29 is 0 Å². The van der Waals surface area contributed by atoms with E-state index < -0.39 is 0 Å². The summed E-state index contributed by atoms with van der Waals surface area (Å²) in [6, 6.07) is 8.72. The molecule has 0 N–H and O–H groups in total. The highest BCUT2D eigenvalue weighted by molar-refractivity contribution is 9.09. The Morgan fingerprint density at radius 3 is 2.56 bits per heavy atom. The average molecular weight is 344 g/mol. The highest BCUT2D eigenvalue weighted by Crippen LogP contribution is 2.40. The lowest BCUT2D eigenvalue weighted by atomic mass is 9.98. The van der Waals surface area contributed by atoms with E-state index in [2.05, 4.69) is 48.0 Å². The minimum absolute atomic E-state index is 0.200. The molecule has 0 fully saturated rings. The van der Waals surface area contributed by atoms with Gasteiger partial charge in [-0.1, -0.05) is 59.6 Å². The predicted molar refractivity (Wildman–Crippen MR) is 85.3 cm³/mol. The van der Waals surface area contributed by atoms with E-state index in [1.165, 1.54) is 21.6 Å². The van der Waals surface area contributed by atoms with Crippen LogP contribution < -0.4 is 0 Å². The summed E-state index contributed by atoms with van der Waals surface area (Å²) in [5.41, 5.74) is 4.11. The molecule has 96 valence electrons. The Morgan fingerprint density at radius 1 is 1.22 bits per heavy atom. The van der Waals surface area contributed by atoms with E-state index in [1.807, 2.05) is 11.4 Å². The Bertz CT molecular complexity index is 533. The highest BCUT2D eigenvalue weighted by atomic mass is 79.9. The average Bonchev–Trinajstić information content (AvgIpc) is 2.83. The molecule has 1 atom stereocenters. The van der Waals surface area contributed by atoms with Gasteiger partial charge in [0.1, 0.15) is 0 Å². The van der Waals surface area contributed by atoms with Gasteiger partial charge in [0.15, 0.2) is 0 Å². The molecule has 0 saturated heterocycles. The van der Waals surface area contributed by atoms with Crippen LogP contribution in [0.4, 0.5) is 0 Å². The number of halogens is 2. The fraction of sp³-hybridized carbons (Fsp3) is 0.333. The molecule has 2 rings (SSSR count). The Morgan fingerprint density at radius 2 is 2.00 bits per heavy atom. The zero-order valence-corrected chi connectivity index (χ0v) is 13.7. The van der Waals surface area contributed by atoms with Crippen molar-refractivity contribution >= 4 is 38.9 Å². The lowest BCUT2D eigenvalue weighted by molar-refractivity contribution is 1.04. The van der Waals surface area contributed by atoms with Crippen molar-refractivity contribution in [2.24, 2.45) is 0 Å². The highest BCUT2D eigenvalue weighted by Gasteiger charge is 2.18. The summed E-state index contributed by atoms with van der Waals surface area (Å²) in [7, 11) is 0. The Balaban J connectivity index is 2.45. The van der Waals surface area contributed by atoms with Crippen LogP contribution in [0.3, 0.4) is 0 Å². The largest absolute Gasteiger partial charge is 0.146 e. The van der Waals surface area contributed by atoms with Gasteiger partial charge in [-0.15, -0.1) is 11.3 Å². The minimum Gasteiger partial charge on any atom is -0.146 e. The van der Waals surface area contributed by atoms with Gasteiger partial charge in [0.05, 0.1) is 9.85 Å². The summed E-state index contributed by atoms with van der Waals surface area (Å²) in [5, 5.41) is 2.90. The molecular formula is C15H16BrClS. The van der Waals surface area contributed by atoms with Crippen molar-refractivity contribution in [2.45, 2.75) is 31.5 Å². The molecule has 0 saturated carbocycles. The molecule has 0 aliphatic carbocycles. The van der Waals surface area contributed by atoms with Gasteiger partial charge in [-0.25, -0.2) is 0 Å². The second-order valence-corrected chi connectivity index (χ2v) is 6.51. The standard InChI is InChI=1S/C15H16BrClS/c1-3-10-5-6-11(4-2)12(9-10)14(16)15-13(17)7-8-18-15/h5-9,14H,3-4H2,1-2H3. The van der Waals surface area contributed by atoms with Crippen molar-refractivity contribution in [3.63, 3.8) is 0 Å². The maximum Gasteiger partial charge on any atom is 0.0755 e. The minimum atomic E-state index is 0.200. The molecule has 18 heavy (non-hydrogen) atoms. The summed E-state index contributed by atoms with van der Waals surface area (Å²) in [4.78, 5) is 1.39. The van der Waals surface area contributed by atoms with Crippen molar-refractivity contribution in [3.8, 4) is 0 Å². The quantitative estimate of drug-likeness (QED) is 0.596. The van der Waals surface area contributed by atoms with E-state index in [0.29, 0.717) is 0 Å². The monoisotopic (exact) mass is 342 g/mol. The third kappa shape index (κ3) is 2.81. The second-order valence-electron chi connectivity index (χ2n) is 4.24. The molecule has 0 nitrogen and oxygen atoms in total. The molecule has 0 aliphatic rings. The summed E-state index contributed by atoms with van der Waals surface area (Å²) < 4.78 is 0. The first-order valence-corrected chi connectivity index (χ1v) is 8.33. The van der Waals surface area contributed by atoms with Gasteiger partial charge >= 0.3 is 0 Å². The van der Waals surface area contributed by atoms with Crippen LogP contribution in [0.25, 0.3) is 0 Å². The first-order chi connectivity index (χ1) is 8.67. The van der Waals surface area contributed by atoms with E-state index >= 15 is 0 Å². The zero-order valence-electron chi connectivity index (χ0n) is 10.5. The van der Waals surface area contributed by atoms with Crippen molar-refractivity contribution in [3.05, 3.63) is 56.2 Å². The van der Waals surface area contributed by atoms with Crippen molar-refractivity contribution in [1.29, 1.82) is 0 Å². The van der Waals surface area contributed by atoms with Gasteiger partial charge in [0.2, 0.25) is 0 Å². The predicted octanol–water partition coefficient (Wildman–Crippen LogP) is 6.01. The first kappa shape index (κ1) is 14.1. The van der Waals surface area contributed by atoms with E-state index in [4.69, 9.17) is 11.6 Å². The molecule has 0 spiro atoms.